The number of fused-ring (bicyclic) bond motifs is 1. The number of unbranched alkanes of at least 4 members (excludes halogenated alkanes) is 1. The van der Waals surface area contributed by atoms with E-state index in [2.05, 4.69) is 11.9 Å². The molecule has 0 fully saturated rings. The molecule has 0 bridgehead atoms. The van der Waals surface area contributed by atoms with Crippen molar-refractivity contribution >= 4 is 29.4 Å². The lowest BCUT2D eigenvalue weighted by Crippen LogP contribution is -2.39. The molecule has 0 saturated carbocycles. The van der Waals surface area contributed by atoms with Gasteiger partial charge in [-0.3, -0.25) is 9.36 Å². The van der Waals surface area contributed by atoms with E-state index in [1.807, 2.05) is 6.07 Å². The third-order valence-electron chi connectivity index (χ3n) is 7.10. The van der Waals surface area contributed by atoms with E-state index in [-0.39, 0.29) is 23.3 Å². The van der Waals surface area contributed by atoms with Gasteiger partial charge in [0, 0.05) is 11.6 Å². The van der Waals surface area contributed by atoms with Crippen LogP contribution in [0.5, 0.6) is 11.5 Å². The number of carboxylic acid groups (broad SMARTS) is 1. The van der Waals surface area contributed by atoms with Crippen LogP contribution in [-0.2, 0) is 9.53 Å². The molecule has 228 valence electrons. The fourth-order valence-corrected chi connectivity index (χ4v) is 6.02. The molecule has 10 nitrogen and oxygen atoms in total. The van der Waals surface area contributed by atoms with Gasteiger partial charge in [0.25, 0.3) is 5.56 Å². The van der Waals surface area contributed by atoms with E-state index in [0.717, 1.165) is 24.2 Å². The highest BCUT2D eigenvalue weighted by molar-refractivity contribution is 7.07. The standard InChI is InChI=1S/C33H32N2O8S/c1-5-7-16-42-25-14-12-20(17-26(25)40-4)29-28(32(39)41-6-2)19(3)34-33-35(29)30(36)27(44-33)18-21-13-15-24(43-21)22-10-8-9-11-23(22)31(37)38/h8-15,17-18,29H,5-7,16H2,1-4H3,(H,37,38)/b27-18+/t29-/m1/s1. The number of allylic oxidation sites excluding steroid dienone is 1. The largest absolute Gasteiger partial charge is 0.493 e. The maximum atomic E-state index is 14.0. The summed E-state index contributed by atoms with van der Waals surface area (Å²) in [5, 5.41) is 9.58. The number of hydrogen-bond donors (Lipinski definition) is 1. The van der Waals surface area contributed by atoms with E-state index in [1.165, 1.54) is 17.7 Å². The van der Waals surface area contributed by atoms with Gasteiger partial charge in [0.2, 0.25) is 0 Å². The van der Waals surface area contributed by atoms with E-state index in [1.54, 1.807) is 62.4 Å². The normalized spacial score (nSPS) is 14.6. The van der Waals surface area contributed by atoms with Crippen LogP contribution < -0.4 is 24.4 Å². The first-order chi connectivity index (χ1) is 21.3. The van der Waals surface area contributed by atoms with Crippen molar-refractivity contribution in [1.29, 1.82) is 0 Å². The Hall–Kier alpha value is -4.90. The summed E-state index contributed by atoms with van der Waals surface area (Å²) in [5.41, 5.74) is 1.46. The number of aromatic carboxylic acids is 1. The molecule has 4 aromatic rings. The summed E-state index contributed by atoms with van der Waals surface area (Å²) in [5.74, 6) is 0.115. The predicted molar refractivity (Wildman–Crippen MR) is 165 cm³/mol. The van der Waals surface area contributed by atoms with Gasteiger partial charge in [0.1, 0.15) is 11.5 Å². The average Bonchev–Trinajstić information content (AvgIpc) is 3.60. The minimum absolute atomic E-state index is 0.104. The van der Waals surface area contributed by atoms with Gasteiger partial charge in [-0.25, -0.2) is 14.6 Å². The van der Waals surface area contributed by atoms with E-state index in [4.69, 9.17) is 18.6 Å². The van der Waals surface area contributed by atoms with E-state index >= 15 is 0 Å². The molecule has 11 heteroatoms. The van der Waals surface area contributed by atoms with Crippen LogP contribution >= 0.6 is 11.3 Å². The molecule has 1 atom stereocenters. The Morgan fingerprint density at radius 1 is 1.11 bits per heavy atom. The van der Waals surface area contributed by atoms with Crippen molar-refractivity contribution in [2.24, 2.45) is 4.99 Å². The summed E-state index contributed by atoms with van der Waals surface area (Å²) in [6.45, 7) is 6.20. The number of carbonyl (C=O) groups is 2. The lowest BCUT2D eigenvalue weighted by molar-refractivity contribution is -0.139. The van der Waals surface area contributed by atoms with E-state index in [0.29, 0.717) is 55.8 Å². The topological polar surface area (TPSA) is 130 Å². The number of rotatable bonds is 11. The molecule has 0 radical (unpaired) electrons. The zero-order chi connectivity index (χ0) is 31.4. The summed E-state index contributed by atoms with van der Waals surface area (Å²) < 4.78 is 24.7. The summed E-state index contributed by atoms with van der Waals surface area (Å²) in [6, 6.07) is 14.4. The van der Waals surface area contributed by atoms with E-state index in [9.17, 15) is 19.5 Å². The molecule has 1 N–H and O–H groups in total. The first kappa shape index (κ1) is 30.6. The molecule has 44 heavy (non-hydrogen) atoms. The predicted octanol–water partition coefficient (Wildman–Crippen LogP) is 4.94. The molecule has 0 unspecified atom stereocenters. The third-order valence-corrected chi connectivity index (χ3v) is 8.08. The Labute approximate surface area is 257 Å². The summed E-state index contributed by atoms with van der Waals surface area (Å²) >= 11 is 1.16. The van der Waals surface area contributed by atoms with Crippen molar-refractivity contribution in [3.63, 3.8) is 0 Å². The third kappa shape index (κ3) is 5.96. The highest BCUT2D eigenvalue weighted by atomic mass is 32.1. The number of carbonyl (C=O) groups excluding carboxylic acids is 1. The number of furan rings is 1. The van der Waals surface area contributed by atoms with Gasteiger partial charge >= 0.3 is 11.9 Å². The van der Waals surface area contributed by atoms with Crippen LogP contribution in [-0.4, -0.2) is 41.9 Å². The van der Waals surface area contributed by atoms with Crippen LogP contribution in [0, 0.1) is 0 Å². The second-order valence-corrected chi connectivity index (χ2v) is 11.0. The van der Waals surface area contributed by atoms with Crippen molar-refractivity contribution in [2.75, 3.05) is 20.3 Å². The number of carboxylic acids is 1. The Morgan fingerprint density at radius 3 is 2.64 bits per heavy atom. The Bertz CT molecular complexity index is 1930. The number of benzene rings is 2. The van der Waals surface area contributed by atoms with Crippen molar-refractivity contribution in [1.82, 2.24) is 4.57 Å². The summed E-state index contributed by atoms with van der Waals surface area (Å²) in [6.07, 6.45) is 3.46. The molecule has 1 aliphatic heterocycles. The zero-order valence-electron chi connectivity index (χ0n) is 24.8. The molecule has 0 aliphatic carbocycles. The van der Waals surface area contributed by atoms with Crippen LogP contribution in [0.1, 0.15) is 61.3 Å². The fraction of sp³-hybridized carbons (Fsp3) is 0.273. The molecule has 5 rings (SSSR count). The maximum absolute atomic E-state index is 14.0. The van der Waals surface area contributed by atoms with Crippen molar-refractivity contribution < 1.29 is 33.3 Å². The molecule has 2 aromatic carbocycles. The number of aromatic nitrogens is 1. The van der Waals surface area contributed by atoms with Crippen LogP contribution in [0.4, 0.5) is 0 Å². The first-order valence-electron chi connectivity index (χ1n) is 14.2. The summed E-state index contributed by atoms with van der Waals surface area (Å²) in [7, 11) is 1.54. The SMILES string of the molecule is CCCCOc1ccc([C@@H]2C(C(=O)OCC)=C(C)N=c3s/c(=C/c4ccc(-c5ccccc5C(=O)O)o4)c(=O)n32)cc1OC. The number of methoxy groups -OCH3 is 1. The van der Waals surface area contributed by atoms with E-state index < -0.39 is 18.0 Å². The van der Waals surface area contributed by atoms with Crippen molar-refractivity contribution in [2.45, 2.75) is 39.7 Å². The minimum atomic E-state index is -1.07. The molecule has 0 amide bonds. The smallest absolute Gasteiger partial charge is 0.338 e. The maximum Gasteiger partial charge on any atom is 0.338 e. The second-order valence-electron chi connectivity index (χ2n) is 9.97. The lowest BCUT2D eigenvalue weighted by Gasteiger charge is -2.25. The number of nitrogens with zero attached hydrogens (tertiary/aromatic N) is 2. The average molecular weight is 617 g/mol. The number of ether oxygens (including phenoxy) is 3. The van der Waals surface area contributed by atoms with Crippen LogP contribution in [0.3, 0.4) is 0 Å². The fourth-order valence-electron chi connectivity index (χ4n) is 5.00. The van der Waals surface area contributed by atoms with Gasteiger partial charge in [0.05, 0.1) is 47.7 Å². The first-order valence-corrected chi connectivity index (χ1v) is 15.0. The van der Waals surface area contributed by atoms with Crippen molar-refractivity contribution in [3.8, 4) is 22.8 Å². The quantitative estimate of drug-likeness (QED) is 0.185. The molecular formula is C33H32N2O8S. The number of hydrogen-bond acceptors (Lipinski definition) is 9. The Morgan fingerprint density at radius 2 is 1.91 bits per heavy atom. The van der Waals surface area contributed by atoms with Gasteiger partial charge in [-0.2, -0.15) is 0 Å². The Balaban J connectivity index is 1.62. The lowest BCUT2D eigenvalue weighted by atomic mass is 9.95. The van der Waals surface area contributed by atoms with Crippen LogP contribution in [0.25, 0.3) is 17.4 Å². The highest BCUT2D eigenvalue weighted by Crippen LogP contribution is 2.36. The molecule has 2 aromatic heterocycles. The van der Waals surface area contributed by atoms with Gasteiger partial charge in [-0.1, -0.05) is 48.9 Å². The monoisotopic (exact) mass is 616 g/mol. The highest BCUT2D eigenvalue weighted by Gasteiger charge is 2.34. The second kappa shape index (κ2) is 13.2. The van der Waals surface area contributed by atoms with Gasteiger partial charge < -0.3 is 23.7 Å². The van der Waals surface area contributed by atoms with Gasteiger partial charge in [0.15, 0.2) is 16.3 Å². The van der Waals surface area contributed by atoms with Crippen LogP contribution in [0.15, 0.2) is 80.1 Å². The van der Waals surface area contributed by atoms with Gasteiger partial charge in [-0.15, -0.1) is 0 Å². The van der Waals surface area contributed by atoms with Crippen molar-refractivity contribution in [3.05, 3.63) is 102 Å². The summed E-state index contributed by atoms with van der Waals surface area (Å²) in [4.78, 5) is 43.9. The zero-order valence-corrected chi connectivity index (χ0v) is 25.6. The number of esters is 1. The Kier molecular flexibility index (Phi) is 9.15. The van der Waals surface area contributed by atoms with Crippen LogP contribution in [0.2, 0.25) is 0 Å². The molecule has 0 spiro atoms. The molecule has 0 saturated heterocycles. The van der Waals surface area contributed by atoms with Gasteiger partial charge in [-0.05, 0) is 56.2 Å². The number of thiazole rings is 1. The minimum Gasteiger partial charge on any atom is -0.493 e. The molecular weight excluding hydrogens is 584 g/mol. The molecule has 1 aliphatic rings. The molecule has 3 heterocycles.